The summed E-state index contributed by atoms with van der Waals surface area (Å²) < 4.78 is 0. The minimum Gasteiger partial charge on any atom is -0.314 e. The van der Waals surface area contributed by atoms with Gasteiger partial charge in [-0.15, -0.1) is 0 Å². The first-order valence-corrected chi connectivity index (χ1v) is 7.68. The third kappa shape index (κ3) is 3.96. The van der Waals surface area contributed by atoms with Crippen LogP contribution in [0.1, 0.15) is 52.9 Å². The number of hydrogen-bond acceptors (Lipinski definition) is 2. The Morgan fingerprint density at radius 1 is 1.18 bits per heavy atom. The van der Waals surface area contributed by atoms with E-state index in [1.54, 1.807) is 0 Å². The number of rotatable bonds is 8. The predicted molar refractivity (Wildman–Crippen MR) is 74.2 cm³/mol. The Bertz CT molecular complexity index is 223. The van der Waals surface area contributed by atoms with E-state index in [2.05, 4.69) is 31.0 Å². The minimum absolute atomic E-state index is 0.638. The second-order valence-electron chi connectivity index (χ2n) is 6.41. The molecule has 0 amide bonds. The van der Waals surface area contributed by atoms with Crippen LogP contribution >= 0.6 is 0 Å². The van der Waals surface area contributed by atoms with Gasteiger partial charge in [0.25, 0.3) is 0 Å². The van der Waals surface area contributed by atoms with Crippen molar-refractivity contribution in [3.8, 4) is 0 Å². The second-order valence-corrected chi connectivity index (χ2v) is 6.41. The van der Waals surface area contributed by atoms with Gasteiger partial charge in [0.15, 0.2) is 0 Å². The SMILES string of the molecule is CCCN(CC1CC1)C1CCC1CNC(C)C. The molecule has 1 N–H and O–H groups in total. The van der Waals surface area contributed by atoms with Crippen LogP contribution in [0.25, 0.3) is 0 Å². The van der Waals surface area contributed by atoms with Gasteiger partial charge in [-0.05, 0) is 57.0 Å². The van der Waals surface area contributed by atoms with Crippen LogP contribution in [-0.4, -0.2) is 36.6 Å². The Morgan fingerprint density at radius 3 is 2.41 bits per heavy atom. The average Bonchev–Trinajstić information content (AvgIpc) is 3.00. The predicted octanol–water partition coefficient (Wildman–Crippen LogP) is 2.89. The molecular weight excluding hydrogens is 208 g/mol. The van der Waals surface area contributed by atoms with Crippen LogP contribution in [-0.2, 0) is 0 Å². The summed E-state index contributed by atoms with van der Waals surface area (Å²) >= 11 is 0. The zero-order valence-electron chi connectivity index (χ0n) is 11.9. The molecular formula is C15H30N2. The van der Waals surface area contributed by atoms with E-state index in [9.17, 15) is 0 Å². The number of nitrogens with zero attached hydrogens (tertiary/aromatic N) is 1. The Hall–Kier alpha value is -0.0800. The summed E-state index contributed by atoms with van der Waals surface area (Å²) in [5, 5.41) is 3.62. The first kappa shape index (κ1) is 13.4. The van der Waals surface area contributed by atoms with Gasteiger partial charge in [-0.3, -0.25) is 4.90 Å². The van der Waals surface area contributed by atoms with Gasteiger partial charge in [0.1, 0.15) is 0 Å². The highest BCUT2D eigenvalue weighted by Crippen LogP contribution is 2.36. The van der Waals surface area contributed by atoms with Crippen molar-refractivity contribution in [2.45, 2.75) is 65.0 Å². The standard InChI is InChI=1S/C15H30N2/c1-4-9-17(11-13-5-6-13)15-8-7-14(15)10-16-12(2)3/h12-16H,4-11H2,1-3H3. The summed E-state index contributed by atoms with van der Waals surface area (Å²) in [5.74, 6) is 1.96. The molecule has 2 fully saturated rings. The molecule has 0 heterocycles. The van der Waals surface area contributed by atoms with Crippen LogP contribution in [0.5, 0.6) is 0 Å². The zero-order valence-corrected chi connectivity index (χ0v) is 11.9. The molecule has 2 heteroatoms. The molecule has 2 aliphatic carbocycles. The molecule has 0 aliphatic heterocycles. The Balaban J connectivity index is 1.76. The van der Waals surface area contributed by atoms with Gasteiger partial charge in [-0.2, -0.15) is 0 Å². The van der Waals surface area contributed by atoms with E-state index in [4.69, 9.17) is 0 Å². The molecule has 2 aliphatic rings. The molecule has 17 heavy (non-hydrogen) atoms. The summed E-state index contributed by atoms with van der Waals surface area (Å²) in [5.41, 5.74) is 0. The van der Waals surface area contributed by atoms with E-state index in [1.807, 2.05) is 0 Å². The molecule has 0 saturated heterocycles. The summed E-state index contributed by atoms with van der Waals surface area (Å²) in [6.45, 7) is 10.8. The summed E-state index contributed by atoms with van der Waals surface area (Å²) in [6, 6.07) is 1.53. The fraction of sp³-hybridized carbons (Fsp3) is 1.00. The van der Waals surface area contributed by atoms with Gasteiger partial charge in [0.05, 0.1) is 0 Å². The van der Waals surface area contributed by atoms with Crippen molar-refractivity contribution in [3.63, 3.8) is 0 Å². The Labute approximate surface area is 107 Å². The third-order valence-corrected chi connectivity index (χ3v) is 4.34. The van der Waals surface area contributed by atoms with E-state index >= 15 is 0 Å². The van der Waals surface area contributed by atoms with Gasteiger partial charge in [0.2, 0.25) is 0 Å². The van der Waals surface area contributed by atoms with Crippen molar-refractivity contribution >= 4 is 0 Å². The number of hydrogen-bond donors (Lipinski definition) is 1. The van der Waals surface area contributed by atoms with E-state index < -0.39 is 0 Å². The second kappa shape index (κ2) is 6.19. The molecule has 0 aromatic heterocycles. The van der Waals surface area contributed by atoms with Crippen molar-refractivity contribution in [2.75, 3.05) is 19.6 Å². The normalized spacial score (nSPS) is 28.8. The third-order valence-electron chi connectivity index (χ3n) is 4.34. The summed E-state index contributed by atoms with van der Waals surface area (Å²) in [6.07, 6.45) is 7.17. The molecule has 0 spiro atoms. The molecule has 0 aromatic carbocycles. The Morgan fingerprint density at radius 2 is 1.94 bits per heavy atom. The lowest BCUT2D eigenvalue weighted by Crippen LogP contribution is -2.52. The van der Waals surface area contributed by atoms with Crippen molar-refractivity contribution in [2.24, 2.45) is 11.8 Å². The first-order valence-electron chi connectivity index (χ1n) is 7.68. The van der Waals surface area contributed by atoms with E-state index in [0.29, 0.717) is 6.04 Å². The molecule has 100 valence electrons. The molecule has 0 bridgehead atoms. The fourth-order valence-electron chi connectivity index (χ4n) is 2.97. The van der Waals surface area contributed by atoms with Crippen LogP contribution in [0.2, 0.25) is 0 Å². The first-order chi connectivity index (χ1) is 8.20. The Kier molecular flexibility index (Phi) is 4.87. The van der Waals surface area contributed by atoms with Gasteiger partial charge in [-0.25, -0.2) is 0 Å². The summed E-state index contributed by atoms with van der Waals surface area (Å²) in [7, 11) is 0. The van der Waals surface area contributed by atoms with Crippen LogP contribution in [0.3, 0.4) is 0 Å². The lowest BCUT2D eigenvalue weighted by atomic mass is 9.78. The topological polar surface area (TPSA) is 15.3 Å². The van der Waals surface area contributed by atoms with Crippen LogP contribution in [0.15, 0.2) is 0 Å². The smallest absolute Gasteiger partial charge is 0.0136 e. The maximum Gasteiger partial charge on any atom is 0.0136 e. The molecule has 2 atom stereocenters. The molecule has 0 radical (unpaired) electrons. The zero-order chi connectivity index (χ0) is 12.3. The highest BCUT2D eigenvalue weighted by Gasteiger charge is 2.37. The van der Waals surface area contributed by atoms with Gasteiger partial charge in [0, 0.05) is 18.6 Å². The molecule has 2 saturated carbocycles. The number of nitrogens with one attached hydrogen (secondary N) is 1. The molecule has 2 nitrogen and oxygen atoms in total. The average molecular weight is 238 g/mol. The summed E-state index contributed by atoms with van der Waals surface area (Å²) in [4.78, 5) is 2.80. The molecule has 2 rings (SSSR count). The molecule has 0 aromatic rings. The highest BCUT2D eigenvalue weighted by atomic mass is 15.2. The largest absolute Gasteiger partial charge is 0.314 e. The van der Waals surface area contributed by atoms with Crippen molar-refractivity contribution < 1.29 is 0 Å². The highest BCUT2D eigenvalue weighted by molar-refractivity contribution is 4.92. The monoisotopic (exact) mass is 238 g/mol. The minimum atomic E-state index is 0.638. The van der Waals surface area contributed by atoms with E-state index in [-0.39, 0.29) is 0 Å². The fourth-order valence-corrected chi connectivity index (χ4v) is 2.97. The van der Waals surface area contributed by atoms with Crippen molar-refractivity contribution in [1.29, 1.82) is 0 Å². The lowest BCUT2D eigenvalue weighted by molar-refractivity contribution is 0.0567. The van der Waals surface area contributed by atoms with Crippen LogP contribution in [0.4, 0.5) is 0 Å². The van der Waals surface area contributed by atoms with Gasteiger partial charge < -0.3 is 5.32 Å². The maximum absolute atomic E-state index is 3.62. The van der Waals surface area contributed by atoms with Gasteiger partial charge >= 0.3 is 0 Å². The van der Waals surface area contributed by atoms with Crippen LogP contribution in [0, 0.1) is 11.8 Å². The van der Waals surface area contributed by atoms with Crippen molar-refractivity contribution in [3.05, 3.63) is 0 Å². The van der Waals surface area contributed by atoms with Crippen molar-refractivity contribution in [1.82, 2.24) is 10.2 Å². The van der Waals surface area contributed by atoms with Gasteiger partial charge in [-0.1, -0.05) is 20.8 Å². The molecule has 2 unspecified atom stereocenters. The van der Waals surface area contributed by atoms with Crippen LogP contribution < -0.4 is 5.32 Å². The lowest BCUT2D eigenvalue weighted by Gasteiger charge is -2.45. The van der Waals surface area contributed by atoms with E-state index in [0.717, 1.165) is 17.9 Å². The quantitative estimate of drug-likeness (QED) is 0.699. The maximum atomic E-state index is 3.62. The van der Waals surface area contributed by atoms with E-state index in [1.165, 1.54) is 51.7 Å².